The number of allylic oxidation sites excluding steroid dienone is 1. The maximum absolute atomic E-state index is 13.8. The van der Waals surface area contributed by atoms with Crippen LogP contribution in [0, 0.1) is 27.8 Å². The monoisotopic (exact) mass is 434 g/mol. The average molecular weight is 434 g/mol. The van der Waals surface area contributed by atoms with Gasteiger partial charge in [0.25, 0.3) is 5.69 Å². The fraction of sp³-hybridized carbons (Fsp3) is 0.182. The molecule has 32 heavy (non-hydrogen) atoms. The number of nitro groups is 1. The fourth-order valence-corrected chi connectivity index (χ4v) is 4.65. The largest absolute Gasteiger partial charge is 0.292 e. The second kappa shape index (κ2) is 7.19. The molecule has 160 valence electrons. The van der Waals surface area contributed by atoms with Gasteiger partial charge in [0.05, 0.1) is 28.5 Å². The normalized spacial score (nSPS) is 25.8. The van der Waals surface area contributed by atoms with Gasteiger partial charge in [0, 0.05) is 23.9 Å². The summed E-state index contributed by atoms with van der Waals surface area (Å²) in [6.45, 7) is 0. The van der Waals surface area contributed by atoms with Crippen molar-refractivity contribution in [1.82, 2.24) is 5.01 Å². The average Bonchev–Trinajstić information content (AvgIpc) is 3.26. The lowest BCUT2D eigenvalue weighted by Crippen LogP contribution is -2.46. The molecule has 0 saturated carbocycles. The number of imide groups is 1. The van der Waals surface area contributed by atoms with E-state index in [1.165, 1.54) is 47.6 Å². The summed E-state index contributed by atoms with van der Waals surface area (Å²) in [5, 5.41) is 16.8. The number of carbonyl (C=O) groups excluding carboxylic acids is 3. The summed E-state index contributed by atoms with van der Waals surface area (Å²) in [7, 11) is 0. The molecule has 0 radical (unpaired) electrons. The minimum absolute atomic E-state index is 0.0396. The highest BCUT2D eigenvalue weighted by atomic mass is 19.1. The number of non-ortho nitro benzene ring substituents is 1. The first-order valence-electron chi connectivity index (χ1n) is 9.79. The van der Waals surface area contributed by atoms with Crippen molar-refractivity contribution in [1.29, 1.82) is 0 Å². The molecule has 0 bridgehead atoms. The number of fused-ring (bicyclic) bond motifs is 3. The summed E-state index contributed by atoms with van der Waals surface area (Å²) < 4.78 is 13.8. The number of hydrogen-bond acceptors (Lipinski definition) is 7. The van der Waals surface area contributed by atoms with E-state index in [0.717, 1.165) is 17.0 Å². The third-order valence-corrected chi connectivity index (χ3v) is 5.97. The molecule has 3 aliphatic heterocycles. The van der Waals surface area contributed by atoms with Crippen molar-refractivity contribution in [3.05, 3.63) is 82.2 Å². The smallest absolute Gasteiger partial charge is 0.270 e. The Morgan fingerprint density at radius 2 is 1.81 bits per heavy atom. The van der Waals surface area contributed by atoms with E-state index in [2.05, 4.69) is 5.10 Å². The molecular weight excluding hydrogens is 419 g/mol. The molecule has 2 saturated heterocycles. The quantitative estimate of drug-likeness (QED) is 0.316. The van der Waals surface area contributed by atoms with Crippen molar-refractivity contribution >= 4 is 35.2 Å². The summed E-state index contributed by atoms with van der Waals surface area (Å²) >= 11 is 0. The van der Waals surface area contributed by atoms with Gasteiger partial charge in [0.1, 0.15) is 11.9 Å². The van der Waals surface area contributed by atoms with Crippen molar-refractivity contribution in [3.8, 4) is 0 Å². The van der Waals surface area contributed by atoms with Gasteiger partial charge in [-0.25, -0.2) is 9.29 Å². The highest BCUT2D eigenvalue weighted by Crippen LogP contribution is 2.46. The van der Waals surface area contributed by atoms with Crippen LogP contribution in [0.3, 0.4) is 0 Å². The topological polar surface area (TPSA) is 113 Å². The number of nitro benzene ring substituents is 1. The van der Waals surface area contributed by atoms with E-state index in [1.807, 2.05) is 0 Å². The molecule has 2 amide bonds. The second-order valence-electron chi connectivity index (χ2n) is 7.68. The lowest BCUT2D eigenvalue weighted by Gasteiger charge is -2.30. The SMILES string of the molecule is O=C(c1cccc([N+](=O)[O-])c1)[C@@H]1[C@@H]2C(=O)N(c3cccc(F)c3)C(=O)[C@@H]2[C@H]2C=CC=NN21. The predicted molar refractivity (Wildman–Crippen MR) is 110 cm³/mol. The Morgan fingerprint density at radius 3 is 2.56 bits per heavy atom. The number of anilines is 1. The Morgan fingerprint density at radius 1 is 1.06 bits per heavy atom. The second-order valence-corrected chi connectivity index (χ2v) is 7.68. The molecule has 5 rings (SSSR count). The Balaban J connectivity index is 1.58. The van der Waals surface area contributed by atoms with Crippen molar-refractivity contribution in [3.63, 3.8) is 0 Å². The van der Waals surface area contributed by atoms with Crippen molar-refractivity contribution in [2.75, 3.05) is 4.90 Å². The van der Waals surface area contributed by atoms with Crippen LogP contribution in [0.2, 0.25) is 0 Å². The Labute approximate surface area is 180 Å². The zero-order chi connectivity index (χ0) is 22.6. The van der Waals surface area contributed by atoms with E-state index in [0.29, 0.717) is 0 Å². The number of ketones is 1. The minimum atomic E-state index is -1.14. The van der Waals surface area contributed by atoms with Gasteiger partial charge in [0.2, 0.25) is 11.8 Å². The number of hydrazone groups is 1. The maximum atomic E-state index is 13.8. The number of rotatable bonds is 4. The molecule has 0 aliphatic carbocycles. The van der Waals surface area contributed by atoms with Crippen molar-refractivity contribution < 1.29 is 23.7 Å². The van der Waals surface area contributed by atoms with E-state index in [9.17, 15) is 28.9 Å². The van der Waals surface area contributed by atoms with Crippen LogP contribution < -0.4 is 4.90 Å². The van der Waals surface area contributed by atoms with E-state index in [4.69, 9.17) is 0 Å². The van der Waals surface area contributed by atoms with Gasteiger partial charge in [-0.15, -0.1) is 0 Å². The van der Waals surface area contributed by atoms with Crippen LogP contribution in [0.5, 0.6) is 0 Å². The fourth-order valence-electron chi connectivity index (χ4n) is 4.65. The predicted octanol–water partition coefficient (Wildman–Crippen LogP) is 2.33. The number of Topliss-reactive ketones (excluding diaryl/α,β-unsaturated/α-hetero) is 1. The summed E-state index contributed by atoms with van der Waals surface area (Å²) in [4.78, 5) is 51.6. The number of carbonyl (C=O) groups is 3. The highest BCUT2D eigenvalue weighted by Gasteiger charge is 2.64. The van der Waals surface area contributed by atoms with Gasteiger partial charge in [-0.2, -0.15) is 5.10 Å². The van der Waals surface area contributed by atoms with Crippen molar-refractivity contribution in [2.24, 2.45) is 16.9 Å². The van der Waals surface area contributed by atoms with Crippen LogP contribution in [0.25, 0.3) is 0 Å². The number of amides is 2. The van der Waals surface area contributed by atoms with Gasteiger partial charge < -0.3 is 0 Å². The molecule has 0 spiro atoms. The van der Waals surface area contributed by atoms with Crippen LogP contribution >= 0.6 is 0 Å². The lowest BCUT2D eigenvalue weighted by atomic mass is 9.86. The summed E-state index contributed by atoms with van der Waals surface area (Å²) in [5.74, 6) is -4.30. The minimum Gasteiger partial charge on any atom is -0.292 e. The maximum Gasteiger partial charge on any atom is 0.270 e. The molecule has 2 aromatic carbocycles. The van der Waals surface area contributed by atoms with E-state index in [1.54, 1.807) is 12.2 Å². The first-order chi connectivity index (χ1) is 15.4. The molecule has 0 aromatic heterocycles. The van der Waals surface area contributed by atoms with Gasteiger partial charge in [-0.3, -0.25) is 29.5 Å². The zero-order valence-electron chi connectivity index (χ0n) is 16.4. The molecule has 3 aliphatic rings. The summed E-state index contributed by atoms with van der Waals surface area (Å²) in [6.07, 6.45) is 4.76. The van der Waals surface area contributed by atoms with Crippen LogP contribution in [0.4, 0.5) is 15.8 Å². The van der Waals surface area contributed by atoms with Gasteiger partial charge in [-0.1, -0.05) is 24.3 Å². The van der Waals surface area contributed by atoms with Crippen LogP contribution in [0.15, 0.2) is 65.8 Å². The number of hydrogen-bond donors (Lipinski definition) is 0. The molecule has 0 N–H and O–H groups in total. The number of benzene rings is 2. The number of nitrogens with zero attached hydrogens (tertiary/aromatic N) is 4. The molecule has 2 fully saturated rings. The Hall–Kier alpha value is -4.21. The first-order valence-corrected chi connectivity index (χ1v) is 9.79. The molecule has 2 aromatic rings. The van der Waals surface area contributed by atoms with Gasteiger partial charge >= 0.3 is 0 Å². The zero-order valence-corrected chi connectivity index (χ0v) is 16.4. The van der Waals surface area contributed by atoms with E-state index < -0.39 is 52.3 Å². The first kappa shape index (κ1) is 19.7. The van der Waals surface area contributed by atoms with Crippen LogP contribution in [-0.2, 0) is 9.59 Å². The van der Waals surface area contributed by atoms with Gasteiger partial charge in [-0.05, 0) is 24.3 Å². The Bertz CT molecular complexity index is 1240. The van der Waals surface area contributed by atoms with Crippen LogP contribution in [0.1, 0.15) is 10.4 Å². The van der Waals surface area contributed by atoms with E-state index in [-0.39, 0.29) is 16.9 Å². The Kier molecular flexibility index (Phi) is 4.43. The van der Waals surface area contributed by atoms with Crippen LogP contribution in [-0.4, -0.2) is 45.8 Å². The summed E-state index contributed by atoms with van der Waals surface area (Å²) in [5.41, 5.74) is -0.136. The molecular formula is C22H15FN4O5. The standard InChI is InChI=1S/C22H15FN4O5/c23-13-5-2-6-14(11-13)25-21(29)17-16-8-3-9-24-26(16)19(18(17)22(25)30)20(28)12-4-1-7-15(10-12)27(31)32/h1-11,16-19H/t16-,17-,18-,19+/m1/s1. The third-order valence-electron chi connectivity index (χ3n) is 5.97. The van der Waals surface area contributed by atoms with Crippen molar-refractivity contribution in [2.45, 2.75) is 12.1 Å². The lowest BCUT2D eigenvalue weighted by molar-refractivity contribution is -0.384. The van der Waals surface area contributed by atoms with Gasteiger partial charge in [0.15, 0.2) is 5.78 Å². The molecule has 3 heterocycles. The molecule has 4 atom stereocenters. The molecule has 0 unspecified atom stereocenters. The third kappa shape index (κ3) is 2.83. The molecule has 9 nitrogen and oxygen atoms in total. The number of halogens is 1. The summed E-state index contributed by atoms with van der Waals surface area (Å²) in [6, 6.07) is 8.55. The molecule has 10 heteroatoms. The highest BCUT2D eigenvalue weighted by molar-refractivity contribution is 6.24. The van der Waals surface area contributed by atoms with E-state index >= 15 is 0 Å².